The summed E-state index contributed by atoms with van der Waals surface area (Å²) in [6, 6.07) is 0. The van der Waals surface area contributed by atoms with Gasteiger partial charge in [0, 0.05) is 0 Å². The average Bonchev–Trinajstić information content (AvgIpc) is 2.18. The summed E-state index contributed by atoms with van der Waals surface area (Å²) < 4.78 is 5.05. The Morgan fingerprint density at radius 3 is 2.24 bits per heavy atom. The topological polar surface area (TPSA) is 52.3 Å². The SMILES string of the molecule is CC(CC1CCC(OC(N)=O)CC1)C(C)(C)C. The molecule has 1 amide bonds. The van der Waals surface area contributed by atoms with E-state index in [2.05, 4.69) is 27.7 Å². The van der Waals surface area contributed by atoms with Crippen LogP contribution in [0.4, 0.5) is 4.79 Å². The number of ether oxygens (including phenoxy) is 1. The van der Waals surface area contributed by atoms with Crippen LogP contribution in [0.15, 0.2) is 0 Å². The molecule has 3 nitrogen and oxygen atoms in total. The molecule has 1 aliphatic carbocycles. The van der Waals surface area contributed by atoms with Crippen molar-refractivity contribution in [3.63, 3.8) is 0 Å². The van der Waals surface area contributed by atoms with Gasteiger partial charge >= 0.3 is 6.09 Å². The van der Waals surface area contributed by atoms with Crippen molar-refractivity contribution in [3.05, 3.63) is 0 Å². The molecule has 1 atom stereocenters. The molecule has 1 unspecified atom stereocenters. The minimum absolute atomic E-state index is 0.0636. The van der Waals surface area contributed by atoms with Gasteiger partial charge in [0.25, 0.3) is 0 Å². The number of nitrogens with two attached hydrogens (primary N) is 1. The molecule has 1 aliphatic rings. The molecule has 2 N–H and O–H groups in total. The highest BCUT2D eigenvalue weighted by Gasteiger charge is 2.28. The van der Waals surface area contributed by atoms with Gasteiger partial charge in [-0.25, -0.2) is 4.79 Å². The summed E-state index contributed by atoms with van der Waals surface area (Å²) in [5.41, 5.74) is 5.42. The van der Waals surface area contributed by atoms with Crippen LogP contribution >= 0.6 is 0 Å². The molecular weight excluding hydrogens is 214 g/mol. The van der Waals surface area contributed by atoms with Crippen LogP contribution in [-0.4, -0.2) is 12.2 Å². The second-order valence-corrected chi connectivity index (χ2v) is 6.58. The molecule has 100 valence electrons. The fraction of sp³-hybridized carbons (Fsp3) is 0.929. The quantitative estimate of drug-likeness (QED) is 0.818. The third-order valence-electron chi connectivity index (χ3n) is 4.24. The van der Waals surface area contributed by atoms with Gasteiger partial charge in [0.05, 0.1) is 0 Å². The third kappa shape index (κ3) is 4.97. The zero-order valence-corrected chi connectivity index (χ0v) is 11.7. The van der Waals surface area contributed by atoms with Crippen molar-refractivity contribution in [2.45, 2.75) is 65.9 Å². The lowest BCUT2D eigenvalue weighted by molar-refractivity contribution is 0.0637. The van der Waals surface area contributed by atoms with Gasteiger partial charge in [0.15, 0.2) is 0 Å². The van der Waals surface area contributed by atoms with Gasteiger partial charge in [-0.2, -0.15) is 0 Å². The maximum absolute atomic E-state index is 10.7. The van der Waals surface area contributed by atoms with Crippen LogP contribution < -0.4 is 5.73 Å². The van der Waals surface area contributed by atoms with Gasteiger partial charge in [0.2, 0.25) is 0 Å². The first-order valence-electron chi connectivity index (χ1n) is 6.75. The van der Waals surface area contributed by atoms with Crippen molar-refractivity contribution in [3.8, 4) is 0 Å². The zero-order valence-electron chi connectivity index (χ0n) is 11.7. The zero-order chi connectivity index (χ0) is 13.1. The first-order chi connectivity index (χ1) is 7.79. The van der Waals surface area contributed by atoms with Gasteiger partial charge < -0.3 is 10.5 Å². The number of hydrogen-bond donors (Lipinski definition) is 1. The minimum Gasteiger partial charge on any atom is -0.446 e. The molecule has 0 saturated heterocycles. The van der Waals surface area contributed by atoms with Gasteiger partial charge in [-0.3, -0.25) is 0 Å². The van der Waals surface area contributed by atoms with Gasteiger partial charge in [-0.05, 0) is 49.4 Å². The number of carbonyl (C=O) groups is 1. The number of carbonyl (C=O) groups excluding carboxylic acids is 1. The molecule has 0 radical (unpaired) electrons. The van der Waals surface area contributed by atoms with Crippen LogP contribution in [0.1, 0.15) is 59.8 Å². The number of primary amides is 1. The second kappa shape index (κ2) is 5.74. The van der Waals surface area contributed by atoms with E-state index in [4.69, 9.17) is 10.5 Å². The van der Waals surface area contributed by atoms with Crippen molar-refractivity contribution < 1.29 is 9.53 Å². The van der Waals surface area contributed by atoms with E-state index in [0.717, 1.165) is 24.7 Å². The first kappa shape index (κ1) is 14.3. The second-order valence-electron chi connectivity index (χ2n) is 6.58. The van der Waals surface area contributed by atoms with Crippen molar-refractivity contribution in [1.29, 1.82) is 0 Å². The summed E-state index contributed by atoms with van der Waals surface area (Å²) in [5, 5.41) is 0. The number of amides is 1. The van der Waals surface area contributed by atoms with Crippen LogP contribution in [0.2, 0.25) is 0 Å². The highest BCUT2D eigenvalue weighted by molar-refractivity contribution is 5.64. The molecule has 0 aromatic heterocycles. The summed E-state index contributed by atoms with van der Waals surface area (Å²) >= 11 is 0. The molecule has 0 aliphatic heterocycles. The first-order valence-corrected chi connectivity index (χ1v) is 6.75. The number of hydrogen-bond acceptors (Lipinski definition) is 2. The molecule has 0 aromatic rings. The Morgan fingerprint density at radius 2 is 1.82 bits per heavy atom. The highest BCUT2D eigenvalue weighted by Crippen LogP contribution is 2.36. The summed E-state index contributed by atoms with van der Waals surface area (Å²) in [6.45, 7) is 9.25. The van der Waals surface area contributed by atoms with E-state index in [1.807, 2.05) is 0 Å². The fourth-order valence-electron chi connectivity index (χ4n) is 2.50. The summed E-state index contributed by atoms with van der Waals surface area (Å²) in [7, 11) is 0. The van der Waals surface area contributed by atoms with Crippen LogP contribution in [0.5, 0.6) is 0 Å². The molecule has 0 bridgehead atoms. The highest BCUT2D eigenvalue weighted by atomic mass is 16.6. The Morgan fingerprint density at radius 1 is 1.29 bits per heavy atom. The maximum atomic E-state index is 10.7. The largest absolute Gasteiger partial charge is 0.446 e. The fourth-order valence-corrected chi connectivity index (χ4v) is 2.50. The molecule has 1 saturated carbocycles. The third-order valence-corrected chi connectivity index (χ3v) is 4.24. The van der Waals surface area contributed by atoms with E-state index >= 15 is 0 Å². The van der Waals surface area contributed by atoms with E-state index in [1.165, 1.54) is 19.3 Å². The Kier molecular flexibility index (Phi) is 4.84. The van der Waals surface area contributed by atoms with Crippen molar-refractivity contribution in [2.24, 2.45) is 23.0 Å². The Labute approximate surface area is 105 Å². The van der Waals surface area contributed by atoms with Crippen LogP contribution in [0, 0.1) is 17.3 Å². The Bertz CT molecular complexity index is 249. The van der Waals surface area contributed by atoms with Crippen LogP contribution in [-0.2, 0) is 4.74 Å². The minimum atomic E-state index is -0.628. The lowest BCUT2D eigenvalue weighted by Crippen LogP contribution is -2.29. The van der Waals surface area contributed by atoms with Gasteiger partial charge in [0.1, 0.15) is 6.10 Å². The predicted molar refractivity (Wildman–Crippen MR) is 69.7 cm³/mol. The van der Waals surface area contributed by atoms with Gasteiger partial charge in [-0.15, -0.1) is 0 Å². The van der Waals surface area contributed by atoms with E-state index in [9.17, 15) is 4.79 Å². The van der Waals surface area contributed by atoms with Crippen LogP contribution in [0.25, 0.3) is 0 Å². The van der Waals surface area contributed by atoms with Crippen molar-refractivity contribution in [2.75, 3.05) is 0 Å². The smallest absolute Gasteiger partial charge is 0.404 e. The van der Waals surface area contributed by atoms with E-state index < -0.39 is 6.09 Å². The Hall–Kier alpha value is -0.730. The molecule has 17 heavy (non-hydrogen) atoms. The molecule has 1 rings (SSSR count). The summed E-state index contributed by atoms with van der Waals surface area (Å²) in [4.78, 5) is 10.7. The predicted octanol–water partition coefficient (Wildman–Crippen LogP) is 3.71. The standard InChI is InChI=1S/C14H27NO2/c1-10(14(2,3)4)9-11-5-7-12(8-6-11)17-13(15)16/h10-12H,5-9H2,1-4H3,(H2,15,16). The van der Waals surface area contributed by atoms with E-state index in [0.29, 0.717) is 5.41 Å². The summed E-state index contributed by atoms with van der Waals surface area (Å²) in [5.74, 6) is 1.53. The van der Waals surface area contributed by atoms with E-state index in [1.54, 1.807) is 0 Å². The Balaban J connectivity index is 2.30. The van der Waals surface area contributed by atoms with Crippen LogP contribution in [0.3, 0.4) is 0 Å². The molecule has 0 heterocycles. The van der Waals surface area contributed by atoms with E-state index in [-0.39, 0.29) is 6.10 Å². The number of rotatable bonds is 3. The van der Waals surface area contributed by atoms with Crippen molar-refractivity contribution in [1.82, 2.24) is 0 Å². The van der Waals surface area contributed by atoms with Crippen molar-refractivity contribution >= 4 is 6.09 Å². The lowest BCUT2D eigenvalue weighted by Gasteiger charge is -2.34. The lowest BCUT2D eigenvalue weighted by atomic mass is 9.73. The average molecular weight is 241 g/mol. The molecular formula is C14H27NO2. The van der Waals surface area contributed by atoms with Gasteiger partial charge in [-0.1, -0.05) is 27.7 Å². The normalized spacial score (nSPS) is 27.5. The summed E-state index contributed by atoms with van der Waals surface area (Å²) in [6.07, 6.45) is 5.00. The molecule has 0 spiro atoms. The molecule has 3 heteroatoms. The maximum Gasteiger partial charge on any atom is 0.404 e. The molecule has 0 aromatic carbocycles. The molecule has 1 fully saturated rings. The monoisotopic (exact) mass is 241 g/mol.